The maximum Gasteiger partial charge on any atom is 0.321 e. The highest BCUT2D eigenvalue weighted by atomic mass is 32.2. The highest BCUT2D eigenvalue weighted by Crippen LogP contribution is 2.29. The second-order valence-electron chi connectivity index (χ2n) is 4.67. The Labute approximate surface area is 124 Å². The van der Waals surface area contributed by atoms with E-state index >= 15 is 0 Å². The number of para-hydroxylation sites is 1. The summed E-state index contributed by atoms with van der Waals surface area (Å²) >= 11 is 1.18. The average molecular weight is 294 g/mol. The van der Waals surface area contributed by atoms with Gasteiger partial charge in [0.25, 0.3) is 0 Å². The number of nitrogens with one attached hydrogen (secondary N) is 1. The van der Waals surface area contributed by atoms with Crippen molar-refractivity contribution in [3.05, 3.63) is 24.3 Å². The SMILES string of the molecule is CCN(CC)C(=O)Nc1ccccc1SC(=O)C(C)C. The van der Waals surface area contributed by atoms with E-state index in [9.17, 15) is 9.59 Å². The number of thioether (sulfide) groups is 1. The number of urea groups is 1. The number of nitrogens with zero attached hydrogens (tertiary/aromatic N) is 1. The molecular formula is C15H22N2O2S. The van der Waals surface area contributed by atoms with E-state index in [1.807, 2.05) is 52.0 Å². The number of carbonyl (C=O) groups is 2. The Morgan fingerprint density at radius 2 is 1.80 bits per heavy atom. The maximum atomic E-state index is 12.1. The first kappa shape index (κ1) is 16.6. The average Bonchev–Trinajstić information content (AvgIpc) is 2.42. The van der Waals surface area contributed by atoms with E-state index in [0.717, 1.165) is 4.90 Å². The van der Waals surface area contributed by atoms with Gasteiger partial charge in [-0.3, -0.25) is 4.79 Å². The van der Waals surface area contributed by atoms with Crippen LogP contribution in [-0.4, -0.2) is 29.1 Å². The van der Waals surface area contributed by atoms with Crippen LogP contribution in [-0.2, 0) is 4.79 Å². The van der Waals surface area contributed by atoms with Gasteiger partial charge in [-0.25, -0.2) is 4.79 Å². The molecule has 0 aliphatic rings. The summed E-state index contributed by atoms with van der Waals surface area (Å²) in [5, 5.41) is 2.96. The molecule has 0 saturated carbocycles. The summed E-state index contributed by atoms with van der Waals surface area (Å²) in [5.74, 6) is -0.0356. The molecule has 0 aliphatic carbocycles. The van der Waals surface area contributed by atoms with Gasteiger partial charge in [-0.05, 0) is 37.7 Å². The van der Waals surface area contributed by atoms with Crippen LogP contribution < -0.4 is 5.32 Å². The van der Waals surface area contributed by atoms with Crippen molar-refractivity contribution >= 4 is 28.6 Å². The zero-order valence-electron chi connectivity index (χ0n) is 12.5. The van der Waals surface area contributed by atoms with Crippen LogP contribution in [0.2, 0.25) is 0 Å². The van der Waals surface area contributed by atoms with E-state index < -0.39 is 0 Å². The Bertz CT molecular complexity index is 471. The second kappa shape index (κ2) is 7.94. The van der Waals surface area contributed by atoms with E-state index in [-0.39, 0.29) is 17.1 Å². The smallest absolute Gasteiger partial charge is 0.321 e. The summed E-state index contributed by atoms with van der Waals surface area (Å²) in [5.41, 5.74) is 0.684. The lowest BCUT2D eigenvalue weighted by atomic mass is 10.3. The minimum absolute atomic E-state index is 0.0356. The van der Waals surface area contributed by atoms with Gasteiger partial charge in [0.2, 0.25) is 0 Å². The maximum absolute atomic E-state index is 12.1. The fraction of sp³-hybridized carbons (Fsp3) is 0.467. The fourth-order valence-corrected chi connectivity index (χ4v) is 2.42. The van der Waals surface area contributed by atoms with Gasteiger partial charge in [0, 0.05) is 23.9 Å². The number of rotatable bonds is 5. The molecule has 0 saturated heterocycles. The van der Waals surface area contributed by atoms with Crippen LogP contribution >= 0.6 is 11.8 Å². The summed E-state index contributed by atoms with van der Waals surface area (Å²) < 4.78 is 0. The number of hydrogen-bond donors (Lipinski definition) is 1. The zero-order valence-corrected chi connectivity index (χ0v) is 13.3. The lowest BCUT2D eigenvalue weighted by Crippen LogP contribution is -2.34. The highest BCUT2D eigenvalue weighted by molar-refractivity contribution is 8.13. The normalized spacial score (nSPS) is 10.4. The summed E-state index contributed by atoms with van der Waals surface area (Å²) in [6.45, 7) is 8.92. The topological polar surface area (TPSA) is 49.4 Å². The first-order valence-electron chi connectivity index (χ1n) is 6.86. The lowest BCUT2D eigenvalue weighted by Gasteiger charge is -2.20. The molecule has 20 heavy (non-hydrogen) atoms. The van der Waals surface area contributed by atoms with Crippen LogP contribution in [0, 0.1) is 5.92 Å². The molecule has 1 aromatic carbocycles. The third kappa shape index (κ3) is 4.56. The molecule has 0 heterocycles. The van der Waals surface area contributed by atoms with Gasteiger partial charge in [0.1, 0.15) is 0 Å². The minimum Gasteiger partial charge on any atom is -0.325 e. The van der Waals surface area contributed by atoms with E-state index in [1.54, 1.807) is 4.90 Å². The van der Waals surface area contributed by atoms with Crippen molar-refractivity contribution < 1.29 is 9.59 Å². The summed E-state index contributed by atoms with van der Waals surface area (Å²) in [4.78, 5) is 26.4. The molecule has 0 unspecified atom stereocenters. The molecule has 0 fully saturated rings. The van der Waals surface area contributed by atoms with Gasteiger partial charge in [-0.1, -0.05) is 26.0 Å². The Morgan fingerprint density at radius 1 is 1.20 bits per heavy atom. The lowest BCUT2D eigenvalue weighted by molar-refractivity contribution is -0.113. The number of carbonyl (C=O) groups excluding carboxylic acids is 2. The van der Waals surface area contributed by atoms with Crippen LogP contribution in [0.5, 0.6) is 0 Å². The molecule has 0 bridgehead atoms. The third-order valence-corrected chi connectivity index (χ3v) is 4.11. The first-order chi connectivity index (χ1) is 9.49. The van der Waals surface area contributed by atoms with Crippen molar-refractivity contribution in [3.63, 3.8) is 0 Å². The summed E-state index contributed by atoms with van der Waals surface area (Å²) in [7, 11) is 0. The van der Waals surface area contributed by atoms with Crippen molar-refractivity contribution in [1.29, 1.82) is 0 Å². The van der Waals surface area contributed by atoms with Gasteiger partial charge in [0.05, 0.1) is 5.69 Å². The molecule has 0 atom stereocenters. The van der Waals surface area contributed by atoms with Crippen LogP contribution in [0.1, 0.15) is 27.7 Å². The largest absolute Gasteiger partial charge is 0.325 e. The van der Waals surface area contributed by atoms with Crippen molar-refractivity contribution in [2.24, 2.45) is 5.92 Å². The number of benzene rings is 1. The number of amides is 2. The molecule has 5 heteroatoms. The Balaban J connectivity index is 2.85. The Morgan fingerprint density at radius 3 is 2.35 bits per heavy atom. The van der Waals surface area contributed by atoms with Crippen LogP contribution in [0.4, 0.5) is 10.5 Å². The van der Waals surface area contributed by atoms with Crippen LogP contribution in [0.25, 0.3) is 0 Å². The Hall–Kier alpha value is -1.49. The van der Waals surface area contributed by atoms with Crippen molar-refractivity contribution in [3.8, 4) is 0 Å². The minimum atomic E-state index is -0.139. The molecular weight excluding hydrogens is 272 g/mol. The van der Waals surface area contributed by atoms with Gasteiger partial charge in [-0.15, -0.1) is 0 Å². The molecule has 0 aromatic heterocycles. The summed E-state index contributed by atoms with van der Waals surface area (Å²) in [6.07, 6.45) is 0. The van der Waals surface area contributed by atoms with Gasteiger partial charge < -0.3 is 10.2 Å². The molecule has 4 nitrogen and oxygen atoms in total. The number of hydrogen-bond acceptors (Lipinski definition) is 3. The zero-order chi connectivity index (χ0) is 15.1. The molecule has 1 rings (SSSR count). The predicted octanol–water partition coefficient (Wildman–Crippen LogP) is 3.84. The van der Waals surface area contributed by atoms with E-state index in [1.165, 1.54) is 11.8 Å². The molecule has 110 valence electrons. The molecule has 2 amide bonds. The van der Waals surface area contributed by atoms with Gasteiger partial charge >= 0.3 is 6.03 Å². The van der Waals surface area contributed by atoms with Crippen LogP contribution in [0.3, 0.4) is 0 Å². The van der Waals surface area contributed by atoms with Gasteiger partial charge in [0.15, 0.2) is 5.12 Å². The summed E-state index contributed by atoms with van der Waals surface area (Å²) in [6, 6.07) is 7.24. The fourth-order valence-electron chi connectivity index (χ4n) is 1.59. The standard InChI is InChI=1S/C15H22N2O2S/c1-5-17(6-2)15(19)16-12-9-7-8-10-13(12)20-14(18)11(3)4/h7-11H,5-6H2,1-4H3,(H,16,19). The highest BCUT2D eigenvalue weighted by Gasteiger charge is 2.15. The molecule has 0 aliphatic heterocycles. The van der Waals surface area contributed by atoms with E-state index in [0.29, 0.717) is 18.8 Å². The molecule has 1 aromatic rings. The second-order valence-corrected chi connectivity index (χ2v) is 5.72. The molecule has 1 N–H and O–H groups in total. The monoisotopic (exact) mass is 294 g/mol. The van der Waals surface area contributed by atoms with Crippen molar-refractivity contribution in [2.45, 2.75) is 32.6 Å². The van der Waals surface area contributed by atoms with E-state index in [2.05, 4.69) is 5.32 Å². The predicted molar refractivity (Wildman–Crippen MR) is 84.1 cm³/mol. The molecule has 0 radical (unpaired) electrons. The van der Waals surface area contributed by atoms with Crippen molar-refractivity contribution in [2.75, 3.05) is 18.4 Å². The Kier molecular flexibility index (Phi) is 6.58. The quantitative estimate of drug-likeness (QED) is 0.839. The molecule has 0 spiro atoms. The van der Waals surface area contributed by atoms with E-state index in [4.69, 9.17) is 0 Å². The third-order valence-electron chi connectivity index (χ3n) is 2.86. The van der Waals surface area contributed by atoms with Crippen LogP contribution in [0.15, 0.2) is 29.2 Å². The van der Waals surface area contributed by atoms with Gasteiger partial charge in [-0.2, -0.15) is 0 Å². The first-order valence-corrected chi connectivity index (χ1v) is 7.67. The number of anilines is 1. The van der Waals surface area contributed by atoms with Crippen molar-refractivity contribution in [1.82, 2.24) is 4.90 Å².